The molecule has 5 nitrogen and oxygen atoms in total. The molecule has 1 saturated heterocycles. The first-order chi connectivity index (χ1) is 16.0. The topological polar surface area (TPSA) is 53.5 Å². The number of hydrogen-bond acceptors (Lipinski definition) is 5. The SMILES string of the molecule is Cc1cc(C)c(Cc2csc(N3CCN(S(=O)(=O)c4ccccc4C(F)(F)F)CC3)n2)c(C)c1. The molecule has 0 saturated carbocycles. The van der Waals surface area contributed by atoms with E-state index in [0.717, 1.165) is 33.7 Å². The summed E-state index contributed by atoms with van der Waals surface area (Å²) in [6.07, 6.45) is -4.02. The molecule has 182 valence electrons. The lowest BCUT2D eigenvalue weighted by Crippen LogP contribution is -2.49. The number of piperazine rings is 1. The molecule has 2 heterocycles. The number of aromatic nitrogens is 1. The Labute approximate surface area is 201 Å². The summed E-state index contributed by atoms with van der Waals surface area (Å²) in [6.45, 7) is 7.19. The second-order valence-electron chi connectivity index (χ2n) is 8.56. The van der Waals surface area contributed by atoms with Crippen LogP contribution in [-0.4, -0.2) is 43.9 Å². The Hall–Kier alpha value is -2.43. The van der Waals surface area contributed by atoms with Gasteiger partial charge in [0.15, 0.2) is 5.13 Å². The van der Waals surface area contributed by atoms with Crippen molar-refractivity contribution in [2.24, 2.45) is 0 Å². The minimum atomic E-state index is -4.74. The molecule has 0 aliphatic carbocycles. The summed E-state index contributed by atoms with van der Waals surface area (Å²) in [7, 11) is -4.26. The Bertz CT molecular complexity index is 1270. The minimum absolute atomic E-state index is 0.0968. The number of anilines is 1. The lowest BCUT2D eigenvalue weighted by Gasteiger charge is -2.34. The van der Waals surface area contributed by atoms with Crippen LogP contribution in [0.3, 0.4) is 0 Å². The standard InChI is InChI=1S/C24H26F3N3O2S2/c1-16-12-17(2)20(18(3)13-16)14-19-15-33-23(28-19)29-8-10-30(11-9-29)34(31,32)22-7-5-4-6-21(22)24(25,26)27/h4-7,12-13,15H,8-11,14H2,1-3H3. The fraction of sp³-hybridized carbons (Fsp3) is 0.375. The van der Waals surface area contributed by atoms with Gasteiger partial charge in [-0.25, -0.2) is 13.4 Å². The highest BCUT2D eigenvalue weighted by molar-refractivity contribution is 7.89. The van der Waals surface area contributed by atoms with Crippen molar-refractivity contribution >= 4 is 26.5 Å². The molecule has 0 radical (unpaired) electrons. The number of aryl methyl sites for hydroxylation is 3. The van der Waals surface area contributed by atoms with Crippen molar-refractivity contribution in [2.45, 2.75) is 38.3 Å². The Morgan fingerprint density at radius 3 is 2.24 bits per heavy atom. The largest absolute Gasteiger partial charge is 0.417 e. The summed E-state index contributed by atoms with van der Waals surface area (Å²) < 4.78 is 67.2. The Balaban J connectivity index is 1.46. The van der Waals surface area contributed by atoms with Crippen molar-refractivity contribution in [1.82, 2.24) is 9.29 Å². The van der Waals surface area contributed by atoms with Crippen LogP contribution >= 0.6 is 11.3 Å². The van der Waals surface area contributed by atoms with Crippen molar-refractivity contribution < 1.29 is 21.6 Å². The number of sulfonamides is 1. The summed E-state index contributed by atoms with van der Waals surface area (Å²) in [5.74, 6) is 0. The molecular formula is C24H26F3N3O2S2. The van der Waals surface area contributed by atoms with Gasteiger partial charge in [0.25, 0.3) is 0 Å². The predicted octanol–water partition coefficient (Wildman–Crippen LogP) is 5.19. The van der Waals surface area contributed by atoms with Crippen LogP contribution in [0.5, 0.6) is 0 Å². The smallest absolute Gasteiger partial charge is 0.345 e. The fourth-order valence-electron chi connectivity index (χ4n) is 4.38. The van der Waals surface area contributed by atoms with E-state index in [1.165, 1.54) is 45.7 Å². The number of hydrogen-bond donors (Lipinski definition) is 0. The van der Waals surface area contributed by atoms with Crippen molar-refractivity contribution in [2.75, 3.05) is 31.1 Å². The molecule has 34 heavy (non-hydrogen) atoms. The molecule has 2 aromatic carbocycles. The number of halogens is 3. The maximum absolute atomic E-state index is 13.4. The molecule has 0 atom stereocenters. The Kier molecular flexibility index (Phi) is 6.76. The van der Waals surface area contributed by atoms with E-state index in [1.807, 2.05) is 10.3 Å². The lowest BCUT2D eigenvalue weighted by atomic mass is 9.96. The summed E-state index contributed by atoms with van der Waals surface area (Å²) in [5, 5.41) is 2.81. The maximum Gasteiger partial charge on any atom is 0.417 e. The van der Waals surface area contributed by atoms with Crippen LogP contribution in [0.25, 0.3) is 0 Å². The highest BCUT2D eigenvalue weighted by atomic mass is 32.2. The van der Waals surface area contributed by atoms with Crippen molar-refractivity contribution in [3.63, 3.8) is 0 Å². The van der Waals surface area contributed by atoms with Crippen molar-refractivity contribution in [3.05, 3.63) is 75.3 Å². The Morgan fingerprint density at radius 2 is 1.62 bits per heavy atom. The van der Waals surface area contributed by atoms with E-state index >= 15 is 0 Å². The lowest BCUT2D eigenvalue weighted by molar-refractivity contribution is -0.139. The summed E-state index contributed by atoms with van der Waals surface area (Å²) in [5.41, 5.74) is 4.74. The van der Waals surface area contributed by atoms with Crippen molar-refractivity contribution in [3.8, 4) is 0 Å². The average Bonchev–Trinajstić information content (AvgIpc) is 3.24. The van der Waals surface area contributed by atoms with E-state index in [1.54, 1.807) is 0 Å². The zero-order chi connectivity index (χ0) is 24.7. The molecule has 0 amide bonds. The summed E-state index contributed by atoms with van der Waals surface area (Å²) >= 11 is 1.50. The summed E-state index contributed by atoms with van der Waals surface area (Å²) in [6, 6.07) is 8.65. The monoisotopic (exact) mass is 509 g/mol. The molecule has 0 bridgehead atoms. The van der Waals surface area contributed by atoms with Crippen LogP contribution in [0.2, 0.25) is 0 Å². The molecule has 4 rings (SSSR count). The second kappa shape index (κ2) is 9.31. The van der Waals surface area contributed by atoms with Crippen LogP contribution in [0.1, 0.15) is 33.5 Å². The molecule has 3 aromatic rings. The van der Waals surface area contributed by atoms with Gasteiger partial charge >= 0.3 is 6.18 Å². The van der Waals surface area contributed by atoms with Crippen LogP contribution in [-0.2, 0) is 22.6 Å². The highest BCUT2D eigenvalue weighted by Gasteiger charge is 2.39. The number of benzene rings is 2. The van der Waals surface area contributed by atoms with E-state index in [2.05, 4.69) is 32.9 Å². The van der Waals surface area contributed by atoms with Crippen LogP contribution in [0, 0.1) is 20.8 Å². The van der Waals surface area contributed by atoms with Gasteiger partial charge in [0, 0.05) is 38.0 Å². The van der Waals surface area contributed by atoms with E-state index in [4.69, 9.17) is 4.98 Å². The maximum atomic E-state index is 13.4. The van der Waals surface area contributed by atoms with Gasteiger partial charge in [-0.2, -0.15) is 17.5 Å². The van der Waals surface area contributed by atoms with Gasteiger partial charge in [-0.15, -0.1) is 11.3 Å². The van der Waals surface area contributed by atoms with Gasteiger partial charge in [0.2, 0.25) is 10.0 Å². The third-order valence-electron chi connectivity index (χ3n) is 6.06. The van der Waals surface area contributed by atoms with Gasteiger partial charge in [0.05, 0.1) is 16.2 Å². The number of rotatable bonds is 5. The molecular weight excluding hydrogens is 483 g/mol. The number of nitrogens with zero attached hydrogens (tertiary/aromatic N) is 3. The van der Waals surface area contributed by atoms with Gasteiger partial charge in [-0.1, -0.05) is 29.8 Å². The zero-order valence-corrected chi connectivity index (χ0v) is 20.8. The van der Waals surface area contributed by atoms with Crippen molar-refractivity contribution in [1.29, 1.82) is 0 Å². The fourth-order valence-corrected chi connectivity index (χ4v) is 6.89. The molecule has 0 N–H and O–H groups in total. The van der Waals surface area contributed by atoms with Crippen LogP contribution in [0.4, 0.5) is 18.3 Å². The molecule has 0 unspecified atom stereocenters. The molecule has 1 fully saturated rings. The van der Waals surface area contributed by atoms with Gasteiger partial charge < -0.3 is 4.90 Å². The molecule has 10 heteroatoms. The average molecular weight is 510 g/mol. The van der Waals surface area contributed by atoms with E-state index in [-0.39, 0.29) is 13.1 Å². The van der Waals surface area contributed by atoms with Crippen LogP contribution in [0.15, 0.2) is 46.7 Å². The van der Waals surface area contributed by atoms with E-state index < -0.39 is 26.7 Å². The predicted molar refractivity (Wildman–Crippen MR) is 128 cm³/mol. The summed E-state index contributed by atoms with van der Waals surface area (Å²) in [4.78, 5) is 6.05. The first-order valence-electron chi connectivity index (χ1n) is 10.9. The number of thiazole rings is 1. The molecule has 0 spiro atoms. The highest BCUT2D eigenvalue weighted by Crippen LogP contribution is 2.35. The minimum Gasteiger partial charge on any atom is -0.345 e. The quantitative estimate of drug-likeness (QED) is 0.475. The first-order valence-corrected chi connectivity index (χ1v) is 13.2. The third kappa shape index (κ3) is 4.99. The molecule has 1 aliphatic rings. The van der Waals surface area contributed by atoms with E-state index in [9.17, 15) is 21.6 Å². The van der Waals surface area contributed by atoms with E-state index in [0.29, 0.717) is 13.1 Å². The van der Waals surface area contributed by atoms with Crippen LogP contribution < -0.4 is 4.90 Å². The number of alkyl halides is 3. The van der Waals surface area contributed by atoms with Gasteiger partial charge in [-0.05, 0) is 49.6 Å². The molecule has 1 aliphatic heterocycles. The molecule has 1 aromatic heterocycles. The third-order valence-corrected chi connectivity index (χ3v) is 8.96. The van der Waals surface area contributed by atoms with Gasteiger partial charge in [-0.3, -0.25) is 0 Å². The van der Waals surface area contributed by atoms with Gasteiger partial charge in [0.1, 0.15) is 0 Å². The second-order valence-corrected chi connectivity index (χ2v) is 11.3. The normalized spacial score (nSPS) is 15.6. The first kappa shape index (κ1) is 24.7. The Morgan fingerprint density at radius 1 is 1.00 bits per heavy atom. The zero-order valence-electron chi connectivity index (χ0n) is 19.2.